The van der Waals surface area contributed by atoms with Crippen molar-refractivity contribution in [2.24, 2.45) is 0 Å². The molecule has 6 nitrogen and oxygen atoms in total. The predicted octanol–water partition coefficient (Wildman–Crippen LogP) is 3.25. The maximum absolute atomic E-state index is 12.5. The zero-order chi connectivity index (χ0) is 18.0. The van der Waals surface area contributed by atoms with Crippen molar-refractivity contribution in [2.45, 2.75) is 32.1 Å². The molecule has 1 amide bonds. The molecule has 25 heavy (non-hydrogen) atoms. The molecule has 0 radical (unpaired) electrons. The van der Waals surface area contributed by atoms with Crippen molar-refractivity contribution >= 4 is 17.6 Å². The predicted molar refractivity (Wildman–Crippen MR) is 92.0 cm³/mol. The van der Waals surface area contributed by atoms with E-state index in [2.05, 4.69) is 10.1 Å². The van der Waals surface area contributed by atoms with E-state index in [0.29, 0.717) is 22.6 Å². The van der Waals surface area contributed by atoms with Crippen LogP contribution in [0.1, 0.15) is 57.2 Å². The molecule has 2 aromatic rings. The lowest BCUT2D eigenvalue weighted by atomic mass is 9.83. The van der Waals surface area contributed by atoms with E-state index in [0.717, 1.165) is 19.3 Å². The molecule has 1 N–H and O–H groups in total. The van der Waals surface area contributed by atoms with E-state index in [4.69, 9.17) is 4.42 Å². The molecule has 1 aliphatic carbocycles. The molecule has 1 aliphatic rings. The number of benzene rings is 1. The highest BCUT2D eigenvalue weighted by Gasteiger charge is 2.25. The van der Waals surface area contributed by atoms with E-state index in [1.54, 1.807) is 31.2 Å². The summed E-state index contributed by atoms with van der Waals surface area (Å²) in [5, 5.41) is 2.63. The highest BCUT2D eigenvalue weighted by molar-refractivity contribution is 6.05. The molecule has 1 aromatic heterocycles. The Balaban J connectivity index is 1.84. The summed E-state index contributed by atoms with van der Waals surface area (Å²) < 4.78 is 9.99. The Hall–Kier alpha value is -2.89. The molecule has 3 rings (SSSR count). The first-order valence-electron chi connectivity index (χ1n) is 8.14. The van der Waals surface area contributed by atoms with Crippen molar-refractivity contribution in [1.82, 2.24) is 0 Å². The van der Waals surface area contributed by atoms with Crippen molar-refractivity contribution in [3.05, 3.63) is 63.2 Å². The Morgan fingerprint density at radius 3 is 2.60 bits per heavy atom. The third-order valence-electron chi connectivity index (χ3n) is 4.44. The lowest BCUT2D eigenvalue weighted by Crippen LogP contribution is -2.24. The molecular weight excluding hydrogens is 322 g/mol. The highest BCUT2D eigenvalue weighted by Crippen LogP contribution is 2.36. The largest absolute Gasteiger partial charge is 0.465 e. The van der Waals surface area contributed by atoms with Gasteiger partial charge >= 0.3 is 11.6 Å². The second-order valence-electron chi connectivity index (χ2n) is 6.15. The molecule has 6 heteroatoms. The second kappa shape index (κ2) is 6.93. The highest BCUT2D eigenvalue weighted by atomic mass is 16.5. The fourth-order valence-corrected chi connectivity index (χ4v) is 2.84. The van der Waals surface area contributed by atoms with Crippen LogP contribution in [0.3, 0.4) is 0 Å². The van der Waals surface area contributed by atoms with Gasteiger partial charge in [0.1, 0.15) is 11.3 Å². The van der Waals surface area contributed by atoms with Crippen molar-refractivity contribution in [2.75, 3.05) is 12.4 Å². The Kier molecular flexibility index (Phi) is 4.70. The minimum absolute atomic E-state index is 0.0217. The molecule has 130 valence electrons. The fourth-order valence-electron chi connectivity index (χ4n) is 2.84. The Bertz CT molecular complexity index is 880. The van der Waals surface area contributed by atoms with Crippen molar-refractivity contribution in [3.8, 4) is 0 Å². The molecular formula is C19H19NO5. The van der Waals surface area contributed by atoms with E-state index >= 15 is 0 Å². The first kappa shape index (κ1) is 17.0. The van der Waals surface area contributed by atoms with Crippen LogP contribution >= 0.6 is 0 Å². The summed E-state index contributed by atoms with van der Waals surface area (Å²) in [5.74, 6) is -0.136. The van der Waals surface area contributed by atoms with Crippen LogP contribution in [0, 0.1) is 6.92 Å². The van der Waals surface area contributed by atoms with Gasteiger partial charge in [0.25, 0.3) is 5.91 Å². The quantitative estimate of drug-likeness (QED) is 0.863. The molecule has 1 saturated carbocycles. The SMILES string of the molecule is COC(=O)c1cccc(NC(=O)c2c(C)cc(C3CCC3)oc2=O)c1. The number of aryl methyl sites for hydroxylation is 1. The zero-order valence-corrected chi connectivity index (χ0v) is 14.1. The van der Waals surface area contributed by atoms with Crippen LogP contribution < -0.4 is 10.9 Å². The first-order chi connectivity index (χ1) is 12.0. The number of carbonyl (C=O) groups is 2. The topological polar surface area (TPSA) is 85.6 Å². The van der Waals surface area contributed by atoms with Gasteiger partial charge in [0.05, 0.1) is 12.7 Å². The van der Waals surface area contributed by atoms with Gasteiger partial charge in [-0.15, -0.1) is 0 Å². The molecule has 1 heterocycles. The molecule has 0 aliphatic heterocycles. The summed E-state index contributed by atoms with van der Waals surface area (Å²) in [5.41, 5.74) is 0.633. The lowest BCUT2D eigenvalue weighted by Gasteiger charge is -2.24. The van der Waals surface area contributed by atoms with Gasteiger partial charge in [0.15, 0.2) is 0 Å². The number of ether oxygens (including phenoxy) is 1. The number of carbonyl (C=O) groups excluding carboxylic acids is 2. The van der Waals surface area contributed by atoms with Crippen LogP contribution in [0.2, 0.25) is 0 Å². The Morgan fingerprint density at radius 2 is 2.00 bits per heavy atom. The number of amides is 1. The standard InChI is InChI=1S/C19H19NO5/c1-11-9-15(12-5-3-6-12)25-19(23)16(11)17(21)20-14-8-4-7-13(10-14)18(22)24-2/h4,7-10,12H,3,5-6H2,1-2H3,(H,20,21). The van der Waals surface area contributed by atoms with E-state index in [1.807, 2.05) is 0 Å². The number of esters is 1. The van der Waals surface area contributed by atoms with E-state index in [9.17, 15) is 14.4 Å². The lowest BCUT2D eigenvalue weighted by molar-refractivity contribution is 0.0600. The number of anilines is 1. The Labute approximate surface area is 144 Å². The van der Waals surface area contributed by atoms with Crippen LogP contribution in [0.15, 0.2) is 39.5 Å². The monoisotopic (exact) mass is 341 g/mol. The minimum atomic E-state index is -0.636. The smallest absolute Gasteiger partial charge is 0.349 e. The van der Waals surface area contributed by atoms with Crippen LogP contribution in [0.5, 0.6) is 0 Å². The number of rotatable bonds is 4. The summed E-state index contributed by atoms with van der Waals surface area (Å²) >= 11 is 0. The Morgan fingerprint density at radius 1 is 1.24 bits per heavy atom. The first-order valence-corrected chi connectivity index (χ1v) is 8.14. The van der Waals surface area contributed by atoms with Crippen molar-refractivity contribution in [3.63, 3.8) is 0 Å². The van der Waals surface area contributed by atoms with Gasteiger partial charge in [-0.2, -0.15) is 0 Å². The third-order valence-corrected chi connectivity index (χ3v) is 4.44. The van der Waals surface area contributed by atoms with Gasteiger partial charge in [-0.3, -0.25) is 4.79 Å². The van der Waals surface area contributed by atoms with Crippen molar-refractivity contribution in [1.29, 1.82) is 0 Å². The number of methoxy groups -OCH3 is 1. The minimum Gasteiger partial charge on any atom is -0.465 e. The molecule has 1 aromatic carbocycles. The molecule has 0 spiro atoms. The van der Waals surface area contributed by atoms with Gasteiger partial charge < -0.3 is 14.5 Å². The molecule has 0 bridgehead atoms. The van der Waals surface area contributed by atoms with Gasteiger partial charge in [-0.05, 0) is 49.6 Å². The molecule has 0 saturated heterocycles. The summed E-state index contributed by atoms with van der Waals surface area (Å²) in [4.78, 5) is 36.3. The van der Waals surface area contributed by atoms with Gasteiger partial charge in [0, 0.05) is 11.6 Å². The van der Waals surface area contributed by atoms with Gasteiger partial charge in [-0.25, -0.2) is 9.59 Å². The molecule has 0 unspecified atom stereocenters. The number of hydrogen-bond donors (Lipinski definition) is 1. The zero-order valence-electron chi connectivity index (χ0n) is 14.1. The van der Waals surface area contributed by atoms with E-state index < -0.39 is 17.5 Å². The maximum atomic E-state index is 12.5. The molecule has 0 atom stereocenters. The normalized spacial score (nSPS) is 13.8. The third kappa shape index (κ3) is 3.47. The summed E-state index contributed by atoms with van der Waals surface area (Å²) in [6.45, 7) is 1.72. The summed E-state index contributed by atoms with van der Waals surface area (Å²) in [7, 11) is 1.28. The average Bonchev–Trinajstić information content (AvgIpc) is 2.52. The summed E-state index contributed by atoms with van der Waals surface area (Å²) in [6, 6.07) is 8.09. The van der Waals surface area contributed by atoms with Crippen LogP contribution in [0.25, 0.3) is 0 Å². The second-order valence-corrected chi connectivity index (χ2v) is 6.15. The summed E-state index contributed by atoms with van der Waals surface area (Å²) in [6.07, 6.45) is 3.15. The van der Waals surface area contributed by atoms with Crippen LogP contribution in [-0.4, -0.2) is 19.0 Å². The van der Waals surface area contributed by atoms with Gasteiger partial charge in [0.2, 0.25) is 0 Å². The number of hydrogen-bond acceptors (Lipinski definition) is 5. The van der Waals surface area contributed by atoms with E-state index in [-0.39, 0.29) is 11.5 Å². The number of nitrogens with one attached hydrogen (secondary N) is 1. The van der Waals surface area contributed by atoms with Crippen molar-refractivity contribution < 1.29 is 18.7 Å². The van der Waals surface area contributed by atoms with Crippen LogP contribution in [-0.2, 0) is 4.74 Å². The maximum Gasteiger partial charge on any atom is 0.349 e. The van der Waals surface area contributed by atoms with Gasteiger partial charge in [-0.1, -0.05) is 12.5 Å². The van der Waals surface area contributed by atoms with E-state index in [1.165, 1.54) is 13.2 Å². The van der Waals surface area contributed by atoms with Crippen LogP contribution in [0.4, 0.5) is 5.69 Å². The molecule has 1 fully saturated rings. The fraction of sp³-hybridized carbons (Fsp3) is 0.316. The average molecular weight is 341 g/mol.